The highest BCUT2D eigenvalue weighted by Crippen LogP contribution is 2.39. The summed E-state index contributed by atoms with van der Waals surface area (Å²) in [5, 5.41) is 1.28. The Hall–Kier alpha value is -3.33. The Morgan fingerprint density at radius 2 is 1.83 bits per heavy atom. The first-order chi connectivity index (χ1) is 17.1. The second-order valence-corrected chi connectivity index (χ2v) is 9.29. The normalized spacial score (nSPS) is 18.4. The Labute approximate surface area is 210 Å². The van der Waals surface area contributed by atoms with E-state index in [0.717, 1.165) is 28.5 Å². The molecule has 1 N–H and O–H groups in total. The number of fused-ring (bicyclic) bond motifs is 1. The molecule has 0 saturated carbocycles. The van der Waals surface area contributed by atoms with Crippen molar-refractivity contribution in [3.63, 3.8) is 0 Å². The van der Waals surface area contributed by atoms with E-state index in [9.17, 15) is 18.0 Å². The van der Waals surface area contributed by atoms with Crippen LogP contribution in [-0.4, -0.2) is 17.3 Å². The molecule has 9 heteroatoms. The number of halogens is 4. The SMILES string of the molecule is Cc1c(-c2ccc(Cl)cc2)c2ccc(C(F)(F)F)cc2n1Cc1cccc([C@@]2(C)OCONC2=O)c1. The lowest BCUT2D eigenvalue weighted by Gasteiger charge is -2.32. The monoisotopic (exact) mass is 514 g/mol. The first-order valence-electron chi connectivity index (χ1n) is 11.2. The van der Waals surface area contributed by atoms with Gasteiger partial charge in [0, 0.05) is 33.7 Å². The largest absolute Gasteiger partial charge is 0.416 e. The van der Waals surface area contributed by atoms with Crippen LogP contribution in [0.1, 0.15) is 29.3 Å². The molecule has 5 nitrogen and oxygen atoms in total. The van der Waals surface area contributed by atoms with Crippen molar-refractivity contribution in [1.82, 2.24) is 10.0 Å². The van der Waals surface area contributed by atoms with Crippen LogP contribution < -0.4 is 5.48 Å². The van der Waals surface area contributed by atoms with E-state index >= 15 is 0 Å². The molecule has 0 aliphatic carbocycles. The molecule has 1 fully saturated rings. The number of carbonyl (C=O) groups is 1. The van der Waals surface area contributed by atoms with Crippen molar-refractivity contribution in [2.45, 2.75) is 32.2 Å². The average molecular weight is 515 g/mol. The van der Waals surface area contributed by atoms with Crippen molar-refractivity contribution in [3.8, 4) is 11.1 Å². The summed E-state index contributed by atoms with van der Waals surface area (Å²) in [5.41, 5.74) is 4.75. The smallest absolute Gasteiger partial charge is 0.340 e. The van der Waals surface area contributed by atoms with Crippen molar-refractivity contribution in [1.29, 1.82) is 0 Å². The van der Waals surface area contributed by atoms with Gasteiger partial charge in [0.1, 0.15) is 0 Å². The fourth-order valence-corrected chi connectivity index (χ4v) is 4.73. The third-order valence-electron chi connectivity index (χ3n) is 6.61. The highest BCUT2D eigenvalue weighted by atomic mass is 35.5. The molecule has 0 spiro atoms. The summed E-state index contributed by atoms with van der Waals surface area (Å²) in [4.78, 5) is 17.3. The molecular formula is C27H22ClF3N2O3. The summed E-state index contributed by atoms with van der Waals surface area (Å²) in [7, 11) is 0. The molecule has 0 bridgehead atoms. The summed E-state index contributed by atoms with van der Waals surface area (Å²) in [6.45, 7) is 3.73. The molecule has 3 aromatic carbocycles. The van der Waals surface area contributed by atoms with Crippen molar-refractivity contribution in [3.05, 3.63) is 94.1 Å². The lowest BCUT2D eigenvalue weighted by atomic mass is 9.93. The highest BCUT2D eigenvalue weighted by molar-refractivity contribution is 6.30. The second kappa shape index (κ2) is 8.96. The Kier molecular flexibility index (Phi) is 6.06. The summed E-state index contributed by atoms with van der Waals surface area (Å²) < 4.78 is 48.3. The quantitative estimate of drug-likeness (QED) is 0.334. The zero-order valence-electron chi connectivity index (χ0n) is 19.4. The van der Waals surface area contributed by atoms with E-state index in [4.69, 9.17) is 21.2 Å². The first kappa shape index (κ1) is 24.4. The van der Waals surface area contributed by atoms with E-state index in [1.54, 1.807) is 31.2 Å². The molecule has 186 valence electrons. The second-order valence-electron chi connectivity index (χ2n) is 8.85. The standard InChI is InChI=1S/C27H22ClF3N2O3/c1-16-24(18-6-9-21(28)10-7-18)22-11-8-20(27(29,30)31)13-23(22)33(16)14-17-4-3-5-19(12-17)26(2)25(34)32-36-15-35-26/h3-13H,14-15H2,1-2H3,(H,32,34)/t26-/m1/s1. The van der Waals surface area contributed by atoms with Gasteiger partial charge < -0.3 is 9.30 Å². The number of nitrogens with one attached hydrogen (secondary N) is 1. The van der Waals surface area contributed by atoms with Gasteiger partial charge in [-0.25, -0.2) is 10.3 Å². The maximum atomic E-state index is 13.6. The van der Waals surface area contributed by atoms with Crippen LogP contribution >= 0.6 is 11.6 Å². The zero-order valence-corrected chi connectivity index (χ0v) is 20.2. The minimum absolute atomic E-state index is 0.0987. The van der Waals surface area contributed by atoms with Gasteiger partial charge in [-0.05, 0) is 54.8 Å². The van der Waals surface area contributed by atoms with Gasteiger partial charge in [-0.3, -0.25) is 4.79 Å². The summed E-state index contributed by atoms with van der Waals surface area (Å²) >= 11 is 6.06. The van der Waals surface area contributed by atoms with Gasteiger partial charge in [0.05, 0.1) is 5.56 Å². The maximum absolute atomic E-state index is 13.6. The molecular weight excluding hydrogens is 493 g/mol. The fraction of sp³-hybridized carbons (Fsp3) is 0.222. The molecule has 1 atom stereocenters. The minimum atomic E-state index is -4.47. The van der Waals surface area contributed by atoms with Crippen LogP contribution in [0.15, 0.2) is 66.7 Å². The number of hydrogen-bond acceptors (Lipinski definition) is 3. The van der Waals surface area contributed by atoms with Crippen molar-refractivity contribution < 1.29 is 27.5 Å². The number of rotatable bonds is 4. The predicted octanol–water partition coefficient (Wildman–Crippen LogP) is 6.59. The number of carbonyl (C=O) groups excluding carboxylic acids is 1. The van der Waals surface area contributed by atoms with E-state index in [1.807, 2.05) is 35.8 Å². The molecule has 0 unspecified atom stereocenters. The van der Waals surface area contributed by atoms with Gasteiger partial charge in [-0.2, -0.15) is 13.2 Å². The fourth-order valence-electron chi connectivity index (χ4n) is 4.61. The zero-order chi connectivity index (χ0) is 25.7. The van der Waals surface area contributed by atoms with Gasteiger partial charge in [-0.15, -0.1) is 0 Å². The lowest BCUT2D eigenvalue weighted by molar-refractivity contribution is -0.221. The topological polar surface area (TPSA) is 52.5 Å². The van der Waals surface area contributed by atoms with E-state index in [1.165, 1.54) is 12.1 Å². The minimum Gasteiger partial charge on any atom is -0.340 e. The number of hydroxylamine groups is 1. The van der Waals surface area contributed by atoms with Crippen LogP contribution in [0, 0.1) is 6.92 Å². The van der Waals surface area contributed by atoms with E-state index < -0.39 is 23.2 Å². The maximum Gasteiger partial charge on any atom is 0.416 e. The number of alkyl halides is 3. The summed E-state index contributed by atoms with van der Waals surface area (Å²) in [6, 6.07) is 18.3. The van der Waals surface area contributed by atoms with Crippen molar-refractivity contribution in [2.75, 3.05) is 6.79 Å². The Morgan fingerprint density at radius 3 is 2.53 bits per heavy atom. The van der Waals surface area contributed by atoms with Gasteiger partial charge in [0.2, 0.25) is 0 Å². The third-order valence-corrected chi connectivity index (χ3v) is 6.86. The van der Waals surface area contributed by atoms with Gasteiger partial charge >= 0.3 is 6.18 Å². The molecule has 1 saturated heterocycles. The van der Waals surface area contributed by atoms with Crippen LogP contribution in [0.2, 0.25) is 5.02 Å². The predicted molar refractivity (Wildman–Crippen MR) is 130 cm³/mol. The molecule has 2 heterocycles. The summed E-state index contributed by atoms with van der Waals surface area (Å²) in [6.07, 6.45) is -4.47. The number of aromatic nitrogens is 1. The van der Waals surface area contributed by atoms with Crippen LogP contribution in [0.3, 0.4) is 0 Å². The molecule has 1 aliphatic rings. The van der Waals surface area contributed by atoms with Crippen LogP contribution in [-0.2, 0) is 32.7 Å². The van der Waals surface area contributed by atoms with E-state index in [-0.39, 0.29) is 6.79 Å². The summed E-state index contributed by atoms with van der Waals surface area (Å²) in [5.74, 6) is -0.437. The number of nitrogens with zero attached hydrogens (tertiary/aromatic N) is 1. The van der Waals surface area contributed by atoms with E-state index in [2.05, 4.69) is 5.48 Å². The molecule has 36 heavy (non-hydrogen) atoms. The molecule has 1 amide bonds. The third kappa shape index (κ3) is 4.25. The average Bonchev–Trinajstić information content (AvgIpc) is 3.12. The Bertz CT molecular complexity index is 1460. The van der Waals surface area contributed by atoms with Crippen LogP contribution in [0.4, 0.5) is 13.2 Å². The molecule has 0 radical (unpaired) electrons. The van der Waals surface area contributed by atoms with Gasteiger partial charge in [0.25, 0.3) is 5.91 Å². The Morgan fingerprint density at radius 1 is 1.08 bits per heavy atom. The Balaban J connectivity index is 1.64. The number of hydrogen-bond donors (Lipinski definition) is 1. The molecule has 1 aromatic heterocycles. The van der Waals surface area contributed by atoms with Crippen LogP contribution in [0.5, 0.6) is 0 Å². The molecule has 5 rings (SSSR count). The first-order valence-corrected chi connectivity index (χ1v) is 11.6. The highest BCUT2D eigenvalue weighted by Gasteiger charge is 2.40. The molecule has 1 aliphatic heterocycles. The van der Waals surface area contributed by atoms with Gasteiger partial charge in [0.15, 0.2) is 12.4 Å². The van der Waals surface area contributed by atoms with E-state index in [0.29, 0.717) is 28.0 Å². The van der Waals surface area contributed by atoms with Crippen molar-refractivity contribution >= 4 is 28.4 Å². The molecule has 4 aromatic rings. The lowest BCUT2D eigenvalue weighted by Crippen LogP contribution is -2.49. The number of benzene rings is 3. The number of ether oxygens (including phenoxy) is 1. The van der Waals surface area contributed by atoms with Gasteiger partial charge in [-0.1, -0.05) is 54.1 Å². The van der Waals surface area contributed by atoms with Crippen LogP contribution in [0.25, 0.3) is 22.0 Å². The number of amides is 1. The van der Waals surface area contributed by atoms with Crippen molar-refractivity contribution in [2.24, 2.45) is 0 Å².